The molecule has 0 atom stereocenters. The summed E-state index contributed by atoms with van der Waals surface area (Å²) in [6.45, 7) is 0. The molecule has 2 N–H and O–H groups in total. The number of fused-ring (bicyclic) bond motifs is 1. The first-order chi connectivity index (χ1) is 11.5. The van der Waals surface area contributed by atoms with Crippen LogP contribution in [0.25, 0.3) is 10.9 Å². The van der Waals surface area contributed by atoms with Crippen LogP contribution in [-0.4, -0.2) is 30.2 Å². The number of carbonyl (C=O) groups is 1. The second-order valence-electron chi connectivity index (χ2n) is 5.58. The summed E-state index contributed by atoms with van der Waals surface area (Å²) in [4.78, 5) is 17.8. The Kier molecular flexibility index (Phi) is 4.27. The third kappa shape index (κ3) is 3.12. The summed E-state index contributed by atoms with van der Waals surface area (Å²) in [6.07, 6.45) is 1.37. The fraction of sp³-hybridized carbons (Fsp3) is 0.111. The molecule has 1 heterocycles. The zero-order valence-corrected chi connectivity index (χ0v) is 14.0. The van der Waals surface area contributed by atoms with E-state index in [4.69, 9.17) is 11.6 Å². The van der Waals surface area contributed by atoms with Gasteiger partial charge in [0.25, 0.3) is 0 Å². The number of nitrogens with zero attached hydrogens (tertiary/aromatic N) is 2. The van der Waals surface area contributed by atoms with Crippen molar-refractivity contribution in [1.82, 2.24) is 4.98 Å². The molecule has 0 amide bonds. The Morgan fingerprint density at radius 1 is 1.21 bits per heavy atom. The molecule has 0 radical (unpaired) electrons. The lowest BCUT2D eigenvalue weighted by atomic mass is 10.1. The summed E-state index contributed by atoms with van der Waals surface area (Å²) in [6, 6.07) is 12.9. The molecule has 0 unspecified atom stereocenters. The van der Waals surface area contributed by atoms with Crippen LogP contribution in [0.2, 0.25) is 5.02 Å². The van der Waals surface area contributed by atoms with Crippen LogP contribution in [0.4, 0.5) is 17.1 Å². The van der Waals surface area contributed by atoms with Gasteiger partial charge in [0.05, 0.1) is 11.2 Å². The van der Waals surface area contributed by atoms with E-state index in [1.54, 1.807) is 18.2 Å². The Hall–Kier alpha value is -2.79. The van der Waals surface area contributed by atoms with Gasteiger partial charge < -0.3 is 15.3 Å². The summed E-state index contributed by atoms with van der Waals surface area (Å²) in [7, 11) is 3.86. The van der Waals surface area contributed by atoms with E-state index in [1.807, 2.05) is 43.3 Å². The fourth-order valence-electron chi connectivity index (χ4n) is 2.47. The van der Waals surface area contributed by atoms with Crippen LogP contribution in [0.1, 0.15) is 10.4 Å². The van der Waals surface area contributed by atoms with E-state index in [2.05, 4.69) is 10.3 Å². The number of benzene rings is 2. The minimum atomic E-state index is -1.04. The zero-order valence-electron chi connectivity index (χ0n) is 13.2. The van der Waals surface area contributed by atoms with Crippen molar-refractivity contribution in [1.29, 1.82) is 0 Å². The molecule has 0 saturated heterocycles. The molecule has 0 aliphatic heterocycles. The average Bonchev–Trinajstić information content (AvgIpc) is 2.54. The van der Waals surface area contributed by atoms with Gasteiger partial charge in [-0.3, -0.25) is 4.98 Å². The number of anilines is 3. The molecule has 5 nitrogen and oxygen atoms in total. The van der Waals surface area contributed by atoms with Crippen LogP contribution in [0.3, 0.4) is 0 Å². The maximum Gasteiger partial charge on any atom is 0.339 e. The second kappa shape index (κ2) is 6.37. The Balaban J connectivity index is 2.22. The second-order valence-corrected chi connectivity index (χ2v) is 6.02. The van der Waals surface area contributed by atoms with E-state index in [9.17, 15) is 9.90 Å². The predicted molar refractivity (Wildman–Crippen MR) is 97.8 cm³/mol. The van der Waals surface area contributed by atoms with Crippen LogP contribution in [-0.2, 0) is 0 Å². The Labute approximate surface area is 144 Å². The molecule has 122 valence electrons. The molecular weight excluding hydrogens is 326 g/mol. The number of halogens is 1. The smallest absolute Gasteiger partial charge is 0.339 e. The van der Waals surface area contributed by atoms with E-state index in [0.717, 1.165) is 16.6 Å². The van der Waals surface area contributed by atoms with Crippen molar-refractivity contribution < 1.29 is 9.90 Å². The molecular formula is C18H16ClN3O2. The highest BCUT2D eigenvalue weighted by atomic mass is 35.5. The fourth-order valence-corrected chi connectivity index (χ4v) is 2.66. The average molecular weight is 342 g/mol. The van der Waals surface area contributed by atoms with Crippen molar-refractivity contribution in [2.24, 2.45) is 0 Å². The van der Waals surface area contributed by atoms with Gasteiger partial charge in [-0.15, -0.1) is 0 Å². The number of hydrogen-bond acceptors (Lipinski definition) is 4. The largest absolute Gasteiger partial charge is 0.478 e. The number of hydrogen-bond donors (Lipinski definition) is 2. The van der Waals surface area contributed by atoms with E-state index in [-0.39, 0.29) is 5.56 Å². The Bertz CT molecular complexity index is 925. The molecule has 0 saturated carbocycles. The van der Waals surface area contributed by atoms with E-state index >= 15 is 0 Å². The number of carboxylic acid groups (broad SMARTS) is 1. The number of rotatable bonds is 4. The van der Waals surface area contributed by atoms with Gasteiger partial charge in [0.1, 0.15) is 5.56 Å². The standard InChI is InChI=1S/C18H16ClN3O2/c1-22(2)13-6-7-16-14(9-13)17(15(10-20-16)18(23)24)21-12-5-3-4-11(19)8-12/h3-10H,1-2H3,(H,20,21)(H,23,24). The molecule has 0 bridgehead atoms. The minimum absolute atomic E-state index is 0.110. The molecule has 3 rings (SSSR count). The van der Waals surface area contributed by atoms with Crippen LogP contribution in [0.5, 0.6) is 0 Å². The number of pyridine rings is 1. The number of nitrogens with one attached hydrogen (secondary N) is 1. The predicted octanol–water partition coefficient (Wildman–Crippen LogP) is 4.40. The van der Waals surface area contributed by atoms with Gasteiger partial charge in [-0.1, -0.05) is 17.7 Å². The highest BCUT2D eigenvalue weighted by molar-refractivity contribution is 6.30. The van der Waals surface area contributed by atoms with Crippen LogP contribution in [0.15, 0.2) is 48.7 Å². The topological polar surface area (TPSA) is 65.5 Å². The highest BCUT2D eigenvalue weighted by Gasteiger charge is 2.16. The van der Waals surface area contributed by atoms with E-state index in [1.165, 1.54) is 6.20 Å². The molecule has 0 spiro atoms. The lowest BCUT2D eigenvalue weighted by Crippen LogP contribution is -2.09. The summed E-state index contributed by atoms with van der Waals surface area (Å²) in [5.41, 5.74) is 3.00. The van der Waals surface area contributed by atoms with Gasteiger partial charge in [0, 0.05) is 42.1 Å². The first-order valence-electron chi connectivity index (χ1n) is 7.31. The normalized spacial score (nSPS) is 10.6. The van der Waals surface area contributed by atoms with Crippen molar-refractivity contribution >= 4 is 45.5 Å². The lowest BCUT2D eigenvalue weighted by Gasteiger charge is -2.16. The third-order valence-corrected chi connectivity index (χ3v) is 3.93. The van der Waals surface area contributed by atoms with Gasteiger partial charge in [0.15, 0.2) is 0 Å². The number of carboxylic acids is 1. The van der Waals surface area contributed by atoms with Crippen molar-refractivity contribution in [2.75, 3.05) is 24.3 Å². The van der Waals surface area contributed by atoms with E-state index < -0.39 is 5.97 Å². The van der Waals surface area contributed by atoms with Gasteiger partial charge >= 0.3 is 5.97 Å². The lowest BCUT2D eigenvalue weighted by molar-refractivity contribution is 0.0697. The monoisotopic (exact) mass is 341 g/mol. The molecule has 0 aliphatic rings. The Morgan fingerprint density at radius 3 is 2.67 bits per heavy atom. The van der Waals surface area contributed by atoms with Crippen LogP contribution in [0, 0.1) is 0 Å². The number of aromatic carboxylic acids is 1. The Morgan fingerprint density at radius 2 is 2.00 bits per heavy atom. The van der Waals surface area contributed by atoms with Crippen molar-refractivity contribution in [3.8, 4) is 0 Å². The maximum absolute atomic E-state index is 11.6. The first-order valence-corrected chi connectivity index (χ1v) is 7.69. The highest BCUT2D eigenvalue weighted by Crippen LogP contribution is 2.32. The molecule has 0 fully saturated rings. The molecule has 24 heavy (non-hydrogen) atoms. The molecule has 2 aromatic carbocycles. The molecule has 6 heteroatoms. The van der Waals surface area contributed by atoms with Gasteiger partial charge in [-0.2, -0.15) is 0 Å². The maximum atomic E-state index is 11.6. The van der Waals surface area contributed by atoms with E-state index in [0.29, 0.717) is 16.4 Å². The van der Waals surface area contributed by atoms with Crippen molar-refractivity contribution in [2.45, 2.75) is 0 Å². The van der Waals surface area contributed by atoms with Gasteiger partial charge in [-0.05, 0) is 36.4 Å². The third-order valence-electron chi connectivity index (χ3n) is 3.69. The summed E-state index contributed by atoms with van der Waals surface area (Å²) in [5.74, 6) is -1.04. The van der Waals surface area contributed by atoms with Gasteiger partial charge in [-0.25, -0.2) is 4.79 Å². The quantitative estimate of drug-likeness (QED) is 0.736. The van der Waals surface area contributed by atoms with Crippen LogP contribution >= 0.6 is 11.6 Å². The summed E-state index contributed by atoms with van der Waals surface area (Å²) in [5, 5.41) is 14.0. The molecule has 3 aromatic rings. The molecule has 1 aromatic heterocycles. The minimum Gasteiger partial charge on any atom is -0.478 e. The summed E-state index contributed by atoms with van der Waals surface area (Å²) >= 11 is 6.02. The molecule has 0 aliphatic carbocycles. The zero-order chi connectivity index (χ0) is 17.3. The van der Waals surface area contributed by atoms with Gasteiger partial charge in [0.2, 0.25) is 0 Å². The van der Waals surface area contributed by atoms with Crippen LogP contribution < -0.4 is 10.2 Å². The summed E-state index contributed by atoms with van der Waals surface area (Å²) < 4.78 is 0. The first kappa shape index (κ1) is 16.1. The van der Waals surface area contributed by atoms with Crippen molar-refractivity contribution in [3.05, 3.63) is 59.2 Å². The number of aromatic nitrogens is 1. The van der Waals surface area contributed by atoms with Crippen molar-refractivity contribution in [3.63, 3.8) is 0 Å². The SMILES string of the molecule is CN(C)c1ccc2ncc(C(=O)O)c(Nc3cccc(Cl)c3)c2c1.